The number of thioether (sulfide) groups is 1. The molecular weight excluding hydrogens is 443 g/mol. The third-order valence-electron chi connectivity index (χ3n) is 4.62. The molecule has 1 atom stereocenters. The van der Waals surface area contributed by atoms with Crippen molar-refractivity contribution in [2.75, 3.05) is 19.9 Å². The van der Waals surface area contributed by atoms with Crippen molar-refractivity contribution in [2.24, 2.45) is 0 Å². The van der Waals surface area contributed by atoms with Crippen molar-refractivity contribution in [3.63, 3.8) is 0 Å². The van der Waals surface area contributed by atoms with Crippen LogP contribution >= 0.6 is 35.0 Å². The minimum atomic E-state index is -0.532. The van der Waals surface area contributed by atoms with E-state index in [0.29, 0.717) is 28.8 Å². The van der Waals surface area contributed by atoms with Crippen LogP contribution in [0.1, 0.15) is 24.5 Å². The molecule has 1 N–H and O–H groups in total. The Balaban J connectivity index is 2.09. The van der Waals surface area contributed by atoms with E-state index in [2.05, 4.69) is 5.32 Å². The van der Waals surface area contributed by atoms with E-state index >= 15 is 0 Å². The highest BCUT2D eigenvalue weighted by Gasteiger charge is 2.27. The summed E-state index contributed by atoms with van der Waals surface area (Å²) >= 11 is 13.5. The second-order valence-electron chi connectivity index (χ2n) is 6.65. The molecule has 162 valence electrons. The Labute approximate surface area is 192 Å². The third-order valence-corrected chi connectivity index (χ3v) is 6.35. The summed E-state index contributed by atoms with van der Waals surface area (Å²) in [5.41, 5.74) is 1.92. The Bertz CT molecular complexity index is 862. The van der Waals surface area contributed by atoms with Crippen molar-refractivity contribution < 1.29 is 14.3 Å². The van der Waals surface area contributed by atoms with Crippen LogP contribution in [0.2, 0.25) is 10.0 Å². The van der Waals surface area contributed by atoms with Gasteiger partial charge in [0.05, 0.1) is 22.9 Å². The van der Waals surface area contributed by atoms with Gasteiger partial charge in [-0.15, -0.1) is 11.8 Å². The lowest BCUT2D eigenvalue weighted by atomic mass is 10.1. The fourth-order valence-electron chi connectivity index (χ4n) is 2.98. The molecule has 2 aromatic carbocycles. The number of halogens is 2. The molecule has 2 rings (SSSR count). The first-order valence-corrected chi connectivity index (χ1v) is 11.5. The summed E-state index contributed by atoms with van der Waals surface area (Å²) in [5, 5.41) is 3.66. The first kappa shape index (κ1) is 24.4. The number of nitrogens with one attached hydrogen (secondary N) is 1. The number of methoxy groups -OCH3 is 1. The van der Waals surface area contributed by atoms with Gasteiger partial charge in [0, 0.05) is 19.3 Å². The number of nitrogens with zero attached hydrogens (tertiary/aromatic N) is 1. The first-order valence-electron chi connectivity index (χ1n) is 9.55. The van der Waals surface area contributed by atoms with Gasteiger partial charge in [-0.2, -0.15) is 0 Å². The maximum atomic E-state index is 13.1. The van der Waals surface area contributed by atoms with Gasteiger partial charge in [-0.1, -0.05) is 48.3 Å². The van der Waals surface area contributed by atoms with E-state index in [9.17, 15) is 9.59 Å². The molecule has 2 amide bonds. The van der Waals surface area contributed by atoms with E-state index in [1.807, 2.05) is 37.3 Å². The van der Waals surface area contributed by atoms with E-state index in [4.69, 9.17) is 27.9 Å². The van der Waals surface area contributed by atoms with Crippen LogP contribution in [0.5, 0.6) is 5.75 Å². The largest absolute Gasteiger partial charge is 0.497 e. The predicted octanol–water partition coefficient (Wildman–Crippen LogP) is 4.79. The van der Waals surface area contributed by atoms with Gasteiger partial charge in [-0.25, -0.2) is 0 Å². The Morgan fingerprint density at radius 2 is 1.77 bits per heavy atom. The Morgan fingerprint density at radius 3 is 2.33 bits per heavy atom. The number of likely N-dealkylation sites (N-methyl/N-ethyl adjacent to an activating group) is 1. The van der Waals surface area contributed by atoms with E-state index in [1.54, 1.807) is 31.2 Å². The molecule has 0 bridgehead atoms. The Kier molecular flexibility index (Phi) is 9.82. The van der Waals surface area contributed by atoms with E-state index in [1.165, 1.54) is 11.8 Å². The highest BCUT2D eigenvalue weighted by Crippen LogP contribution is 2.25. The predicted molar refractivity (Wildman–Crippen MR) is 124 cm³/mol. The Morgan fingerprint density at radius 1 is 1.10 bits per heavy atom. The topological polar surface area (TPSA) is 58.6 Å². The highest BCUT2D eigenvalue weighted by atomic mass is 35.5. The molecule has 8 heteroatoms. The smallest absolute Gasteiger partial charge is 0.242 e. The normalized spacial score (nSPS) is 11.6. The van der Waals surface area contributed by atoms with Crippen molar-refractivity contribution in [1.29, 1.82) is 0 Å². The first-order chi connectivity index (χ1) is 14.4. The fraction of sp³-hybridized carbons (Fsp3) is 0.364. The molecule has 30 heavy (non-hydrogen) atoms. The number of carbonyl (C=O) groups is 2. The quantitative estimate of drug-likeness (QED) is 0.544. The molecule has 0 saturated heterocycles. The molecule has 0 saturated carbocycles. The summed E-state index contributed by atoms with van der Waals surface area (Å²) in [6.07, 6.45) is 0.527. The number of ether oxygens (including phenoxy) is 1. The number of hydrogen-bond acceptors (Lipinski definition) is 4. The average molecular weight is 469 g/mol. The van der Waals surface area contributed by atoms with Crippen molar-refractivity contribution in [1.82, 2.24) is 10.2 Å². The summed E-state index contributed by atoms with van der Waals surface area (Å²) < 4.78 is 5.19. The van der Waals surface area contributed by atoms with Crippen LogP contribution in [0.3, 0.4) is 0 Å². The van der Waals surface area contributed by atoms with Gasteiger partial charge in [0.25, 0.3) is 0 Å². The molecule has 2 aromatic rings. The zero-order valence-electron chi connectivity index (χ0n) is 17.3. The van der Waals surface area contributed by atoms with Crippen molar-refractivity contribution in [2.45, 2.75) is 31.7 Å². The van der Waals surface area contributed by atoms with E-state index in [-0.39, 0.29) is 17.6 Å². The molecular formula is C22H26Cl2N2O3S. The lowest BCUT2D eigenvalue weighted by Crippen LogP contribution is -2.48. The monoisotopic (exact) mass is 468 g/mol. The molecule has 0 aliphatic rings. The van der Waals surface area contributed by atoms with Crippen LogP contribution in [0, 0.1) is 0 Å². The van der Waals surface area contributed by atoms with Crippen LogP contribution in [-0.2, 0) is 21.9 Å². The average Bonchev–Trinajstić information content (AvgIpc) is 2.76. The van der Waals surface area contributed by atoms with Gasteiger partial charge in [0.1, 0.15) is 11.8 Å². The van der Waals surface area contributed by atoms with Gasteiger partial charge in [0.2, 0.25) is 11.8 Å². The lowest BCUT2D eigenvalue weighted by molar-refractivity contribution is -0.139. The number of carbonyl (C=O) groups excluding carboxylic acids is 2. The number of rotatable bonds is 10. The standard InChI is InChI=1S/C22H26Cl2N2O3S/c1-4-20(22(28)25-2)26(12-15-5-8-17(29-3)9-6-15)21(27)14-30-13-16-7-10-18(23)19(24)11-16/h5-11,20H,4,12-14H2,1-3H3,(H,25,28). The molecule has 0 spiro atoms. The van der Waals surface area contributed by atoms with Crippen LogP contribution in [0.25, 0.3) is 0 Å². The molecule has 0 aromatic heterocycles. The van der Waals surface area contributed by atoms with Crippen LogP contribution < -0.4 is 10.1 Å². The minimum Gasteiger partial charge on any atom is -0.497 e. The van der Waals surface area contributed by atoms with Crippen LogP contribution in [-0.4, -0.2) is 42.7 Å². The second-order valence-corrected chi connectivity index (χ2v) is 8.45. The summed E-state index contributed by atoms with van der Waals surface area (Å²) in [6, 6.07) is 12.4. The van der Waals surface area contributed by atoms with Gasteiger partial charge in [-0.3, -0.25) is 9.59 Å². The van der Waals surface area contributed by atoms with Gasteiger partial charge in [-0.05, 0) is 41.8 Å². The van der Waals surface area contributed by atoms with E-state index < -0.39 is 6.04 Å². The van der Waals surface area contributed by atoms with Crippen molar-refractivity contribution in [3.05, 3.63) is 63.6 Å². The minimum absolute atomic E-state index is 0.0914. The van der Waals surface area contributed by atoms with Crippen LogP contribution in [0.15, 0.2) is 42.5 Å². The maximum absolute atomic E-state index is 13.1. The molecule has 1 unspecified atom stereocenters. The second kappa shape index (κ2) is 12.1. The van der Waals surface area contributed by atoms with Gasteiger partial charge >= 0.3 is 0 Å². The summed E-state index contributed by atoms with van der Waals surface area (Å²) in [5.74, 6) is 1.35. The third kappa shape index (κ3) is 6.83. The number of hydrogen-bond donors (Lipinski definition) is 1. The zero-order chi connectivity index (χ0) is 22.1. The van der Waals surface area contributed by atoms with Gasteiger partial charge < -0.3 is 15.0 Å². The molecule has 0 heterocycles. The fourth-order valence-corrected chi connectivity index (χ4v) is 4.16. The molecule has 0 radical (unpaired) electrons. The molecule has 0 aliphatic heterocycles. The van der Waals surface area contributed by atoms with Crippen LogP contribution in [0.4, 0.5) is 0 Å². The lowest BCUT2D eigenvalue weighted by Gasteiger charge is -2.30. The number of amides is 2. The number of benzene rings is 2. The summed E-state index contributed by atoms with van der Waals surface area (Å²) in [6.45, 7) is 2.25. The molecule has 0 aliphatic carbocycles. The summed E-state index contributed by atoms with van der Waals surface area (Å²) in [7, 11) is 3.19. The van der Waals surface area contributed by atoms with Crippen molar-refractivity contribution >= 4 is 46.8 Å². The summed E-state index contributed by atoms with van der Waals surface area (Å²) in [4.78, 5) is 27.1. The molecule has 5 nitrogen and oxygen atoms in total. The maximum Gasteiger partial charge on any atom is 0.242 e. The zero-order valence-corrected chi connectivity index (χ0v) is 19.6. The Hall–Kier alpha value is -1.89. The van der Waals surface area contributed by atoms with E-state index in [0.717, 1.165) is 16.9 Å². The van der Waals surface area contributed by atoms with Crippen molar-refractivity contribution in [3.8, 4) is 5.75 Å². The van der Waals surface area contributed by atoms with Gasteiger partial charge in [0.15, 0.2) is 0 Å². The highest BCUT2D eigenvalue weighted by molar-refractivity contribution is 7.99. The SMILES string of the molecule is CCC(C(=O)NC)N(Cc1ccc(OC)cc1)C(=O)CSCc1ccc(Cl)c(Cl)c1. The molecule has 0 fully saturated rings.